The monoisotopic (exact) mass is 938 g/mol. The average molecular weight is 938 g/mol. The Hall–Kier alpha value is -8.14. The second-order valence-electron chi connectivity index (χ2n) is 19.9. The molecule has 9 aromatic rings. The van der Waals surface area contributed by atoms with Crippen LogP contribution in [0.4, 0.5) is 51.2 Å². The molecule has 0 saturated heterocycles. The van der Waals surface area contributed by atoms with Crippen molar-refractivity contribution in [2.24, 2.45) is 0 Å². The van der Waals surface area contributed by atoms with Crippen molar-refractivity contribution in [1.82, 2.24) is 0 Å². The predicted octanol–water partition coefficient (Wildman–Crippen LogP) is 19.8. The fourth-order valence-corrected chi connectivity index (χ4v) is 9.61. The van der Waals surface area contributed by atoms with Crippen molar-refractivity contribution in [3.8, 4) is 0 Å². The van der Waals surface area contributed by atoms with Crippen LogP contribution in [-0.2, 0) is 0 Å². The largest absolute Gasteiger partial charge is 0.310 e. The van der Waals surface area contributed by atoms with E-state index in [-0.39, 0.29) is 0 Å². The molecular weight excluding hydrogens is 871 g/mol. The quantitative estimate of drug-likeness (QED) is 0.107. The Kier molecular flexibility index (Phi) is 14.3. The first-order chi connectivity index (χ1) is 34.7. The molecule has 0 aliphatic rings. The summed E-state index contributed by atoms with van der Waals surface area (Å²) in [4.78, 5) is 7.11. The van der Waals surface area contributed by atoms with Gasteiger partial charge in [-0.1, -0.05) is 115 Å². The number of anilines is 9. The summed E-state index contributed by atoms with van der Waals surface area (Å²) in [7, 11) is 0. The Morgan fingerprint density at radius 2 is 0.431 bits per heavy atom. The Balaban J connectivity index is 0.943. The first-order valence-corrected chi connectivity index (χ1v) is 25.2. The van der Waals surface area contributed by atoms with Gasteiger partial charge in [0.25, 0.3) is 0 Å². The van der Waals surface area contributed by atoms with Gasteiger partial charge in [-0.2, -0.15) is 0 Å². The second kappa shape index (κ2) is 21.1. The molecule has 3 nitrogen and oxygen atoms in total. The molecule has 9 rings (SSSR count). The molecule has 0 radical (unpaired) electrons. The molecule has 0 atom stereocenters. The van der Waals surface area contributed by atoms with E-state index in [0.717, 1.165) is 67.8 Å². The Bertz CT molecular complexity index is 3120. The smallest absolute Gasteiger partial charge is 0.0520 e. The zero-order valence-electron chi connectivity index (χ0n) is 44.0. The molecule has 0 spiro atoms. The zero-order chi connectivity index (χ0) is 50.6. The van der Waals surface area contributed by atoms with Crippen LogP contribution < -0.4 is 14.7 Å². The fraction of sp³-hybridized carbons (Fsp3) is 0.159. The molecule has 0 aliphatic carbocycles. The maximum absolute atomic E-state index is 2.40. The van der Waals surface area contributed by atoms with Crippen LogP contribution in [-0.4, -0.2) is 0 Å². The lowest BCUT2D eigenvalue weighted by molar-refractivity contribution is 1.20. The number of nitrogens with zero attached hydrogens (tertiary/aromatic N) is 3. The minimum Gasteiger partial charge on any atom is -0.310 e. The van der Waals surface area contributed by atoms with Crippen LogP contribution in [0.3, 0.4) is 0 Å². The maximum Gasteiger partial charge on any atom is 0.0520 e. The van der Waals surface area contributed by atoms with Gasteiger partial charge >= 0.3 is 0 Å². The molecule has 0 unspecified atom stereocenters. The van der Waals surface area contributed by atoms with Crippen LogP contribution in [0.15, 0.2) is 182 Å². The lowest BCUT2D eigenvalue weighted by Crippen LogP contribution is -2.13. The van der Waals surface area contributed by atoms with Crippen LogP contribution in [0, 0.1) is 76.2 Å². The van der Waals surface area contributed by atoms with E-state index in [1.807, 2.05) is 0 Å². The van der Waals surface area contributed by atoms with Gasteiger partial charge in [0, 0.05) is 45.5 Å². The molecule has 0 aromatic heterocycles. The summed E-state index contributed by atoms with van der Waals surface area (Å²) in [6.07, 6.45) is 8.82. The van der Waals surface area contributed by atoms with Gasteiger partial charge in [-0.3, -0.25) is 0 Å². The molecule has 0 saturated carbocycles. The molecule has 0 heterocycles. The third kappa shape index (κ3) is 10.8. The first-order valence-electron chi connectivity index (χ1n) is 25.2. The third-order valence-electron chi connectivity index (χ3n) is 14.4. The Morgan fingerprint density at radius 3 is 0.667 bits per heavy atom. The van der Waals surface area contributed by atoms with Crippen LogP contribution in [0.2, 0.25) is 0 Å². The van der Waals surface area contributed by atoms with Crippen LogP contribution in [0.1, 0.15) is 83.5 Å². The van der Waals surface area contributed by atoms with Crippen molar-refractivity contribution in [3.63, 3.8) is 0 Å². The summed E-state index contributed by atoms with van der Waals surface area (Å²) >= 11 is 0. The van der Waals surface area contributed by atoms with Crippen LogP contribution in [0.25, 0.3) is 24.3 Å². The van der Waals surface area contributed by atoms with Gasteiger partial charge < -0.3 is 14.7 Å². The SMILES string of the molecule is Cc1cc(C)c(N(c2ccc(C=Cc3ccc(N(c4ccc(C)c(C)c4)c4ccc(C)c(C)c4)cc3)cc2)c2ccc(C=Cc3ccc(N(c4ccc(C)c(C)c4)c4ccc(C)c(C)c4)cc3)cc2)c(C)c1. The molecule has 358 valence electrons. The third-order valence-corrected chi connectivity index (χ3v) is 14.4. The van der Waals surface area contributed by atoms with Crippen molar-refractivity contribution in [1.29, 1.82) is 0 Å². The number of rotatable bonds is 13. The number of hydrogen-bond acceptors (Lipinski definition) is 3. The van der Waals surface area contributed by atoms with Gasteiger partial charge in [0.1, 0.15) is 0 Å². The molecule has 72 heavy (non-hydrogen) atoms. The van der Waals surface area contributed by atoms with Gasteiger partial charge in [0.15, 0.2) is 0 Å². The standard InChI is InChI=1S/C69H67N3/c1-46-40-55(10)69(56(11)41-46)72(63-36-24-59(25-37-63)18-16-57-20-32-61(33-21-57)70(65-28-12-47(2)51(6)42-65)66-29-13-48(3)52(7)43-66)64-38-26-60(27-39-64)19-17-58-22-34-62(35-23-58)71(67-30-14-49(4)53(8)44-67)68-31-15-50(5)54(9)45-68/h12-45H,1-11H3. The molecule has 0 aliphatic heterocycles. The number of hydrogen-bond donors (Lipinski definition) is 0. The lowest BCUT2D eigenvalue weighted by atomic mass is 10.0. The van der Waals surface area contributed by atoms with E-state index >= 15 is 0 Å². The highest BCUT2D eigenvalue weighted by molar-refractivity contribution is 5.84. The molecule has 0 amide bonds. The van der Waals surface area contributed by atoms with Gasteiger partial charge in [-0.15, -0.1) is 0 Å². The summed E-state index contributed by atoms with van der Waals surface area (Å²) < 4.78 is 0. The highest BCUT2D eigenvalue weighted by atomic mass is 15.2. The number of aryl methyl sites for hydroxylation is 11. The van der Waals surface area contributed by atoms with Crippen LogP contribution >= 0.6 is 0 Å². The highest BCUT2D eigenvalue weighted by Crippen LogP contribution is 2.41. The Morgan fingerprint density at radius 1 is 0.208 bits per heavy atom. The summed E-state index contributed by atoms with van der Waals surface area (Å²) in [5, 5.41) is 0. The summed E-state index contributed by atoms with van der Waals surface area (Å²) in [6, 6.07) is 67.1. The minimum absolute atomic E-state index is 1.11. The predicted molar refractivity (Wildman–Crippen MR) is 313 cm³/mol. The molecular formula is C69H67N3. The normalized spacial score (nSPS) is 11.4. The van der Waals surface area contributed by atoms with Crippen LogP contribution in [0.5, 0.6) is 0 Å². The topological polar surface area (TPSA) is 9.72 Å². The van der Waals surface area contributed by atoms with Crippen molar-refractivity contribution < 1.29 is 0 Å². The van der Waals surface area contributed by atoms with E-state index in [0.29, 0.717) is 0 Å². The second-order valence-corrected chi connectivity index (χ2v) is 19.9. The summed E-state index contributed by atoms with van der Waals surface area (Å²) in [6.45, 7) is 24.0. The first kappa shape index (κ1) is 48.9. The van der Waals surface area contributed by atoms with Gasteiger partial charge in [-0.25, -0.2) is 0 Å². The minimum atomic E-state index is 1.11. The fourth-order valence-electron chi connectivity index (χ4n) is 9.61. The van der Waals surface area contributed by atoms with Gasteiger partial charge in [-0.05, 0) is 251 Å². The van der Waals surface area contributed by atoms with E-state index in [1.54, 1.807) is 0 Å². The van der Waals surface area contributed by atoms with E-state index in [4.69, 9.17) is 0 Å². The van der Waals surface area contributed by atoms with E-state index in [2.05, 4.69) is 297 Å². The summed E-state index contributed by atoms with van der Waals surface area (Å²) in [5.74, 6) is 0. The lowest BCUT2D eigenvalue weighted by Gasteiger charge is -2.29. The highest BCUT2D eigenvalue weighted by Gasteiger charge is 2.19. The van der Waals surface area contributed by atoms with E-state index < -0.39 is 0 Å². The van der Waals surface area contributed by atoms with Crippen molar-refractivity contribution in [3.05, 3.63) is 265 Å². The summed E-state index contributed by atoms with van der Waals surface area (Å²) in [5.41, 5.74) is 29.0. The molecule has 0 bridgehead atoms. The van der Waals surface area contributed by atoms with Crippen molar-refractivity contribution >= 4 is 75.5 Å². The van der Waals surface area contributed by atoms with Crippen molar-refractivity contribution in [2.75, 3.05) is 14.7 Å². The molecule has 0 N–H and O–H groups in total. The zero-order valence-corrected chi connectivity index (χ0v) is 44.0. The maximum atomic E-state index is 2.40. The van der Waals surface area contributed by atoms with E-state index in [1.165, 1.54) is 66.9 Å². The van der Waals surface area contributed by atoms with Gasteiger partial charge in [0.05, 0.1) is 5.69 Å². The molecule has 9 aromatic carbocycles. The average Bonchev–Trinajstić information content (AvgIpc) is 3.37. The molecule has 3 heteroatoms. The van der Waals surface area contributed by atoms with Gasteiger partial charge in [0.2, 0.25) is 0 Å². The molecule has 0 fully saturated rings. The van der Waals surface area contributed by atoms with Crippen molar-refractivity contribution in [2.45, 2.75) is 76.2 Å². The van der Waals surface area contributed by atoms with E-state index in [9.17, 15) is 0 Å². The Labute approximate surface area is 429 Å². The number of benzene rings is 9.